The minimum Gasteiger partial charge on any atom is -0.493 e. The fourth-order valence-corrected chi connectivity index (χ4v) is 1.37. The summed E-state index contributed by atoms with van der Waals surface area (Å²) in [7, 11) is 0. The van der Waals surface area contributed by atoms with Crippen molar-refractivity contribution in [2.24, 2.45) is 0 Å². The summed E-state index contributed by atoms with van der Waals surface area (Å²) in [5.41, 5.74) is 0.0744. The second-order valence-corrected chi connectivity index (χ2v) is 3.27. The van der Waals surface area contributed by atoms with Crippen molar-refractivity contribution in [3.05, 3.63) is 29.6 Å². The van der Waals surface area contributed by atoms with Gasteiger partial charge in [0.15, 0.2) is 6.10 Å². The maximum atomic E-state index is 13.1. The van der Waals surface area contributed by atoms with Crippen LogP contribution in [0.15, 0.2) is 18.2 Å². The molecule has 0 fully saturated rings. The van der Waals surface area contributed by atoms with Gasteiger partial charge in [0.1, 0.15) is 11.6 Å². The van der Waals surface area contributed by atoms with Gasteiger partial charge >= 0.3 is 5.97 Å². The molecule has 0 aromatic heterocycles. The lowest BCUT2D eigenvalue weighted by molar-refractivity contribution is -0.153. The van der Waals surface area contributed by atoms with Crippen molar-refractivity contribution in [3.8, 4) is 5.75 Å². The van der Waals surface area contributed by atoms with E-state index in [1.165, 1.54) is 12.1 Å². The number of hydrogen-bond donors (Lipinski definition) is 1. The first-order chi connectivity index (χ1) is 8.10. The Bertz CT molecular complexity index is 392. The fraction of sp³-hybridized carbons (Fsp3) is 0.417. The maximum Gasteiger partial charge on any atom is 0.339 e. The van der Waals surface area contributed by atoms with Gasteiger partial charge < -0.3 is 14.6 Å². The average molecular weight is 242 g/mol. The van der Waals surface area contributed by atoms with Gasteiger partial charge in [-0.2, -0.15) is 0 Å². The van der Waals surface area contributed by atoms with Gasteiger partial charge in [-0.25, -0.2) is 9.18 Å². The maximum absolute atomic E-state index is 13.1. The average Bonchev–Trinajstić information content (AvgIpc) is 2.31. The van der Waals surface area contributed by atoms with Gasteiger partial charge in [-0.05, 0) is 32.0 Å². The van der Waals surface area contributed by atoms with E-state index in [9.17, 15) is 14.3 Å². The van der Waals surface area contributed by atoms with Crippen molar-refractivity contribution in [1.29, 1.82) is 0 Å². The molecule has 4 nitrogen and oxygen atoms in total. The Morgan fingerprint density at radius 2 is 2.12 bits per heavy atom. The molecule has 0 aliphatic heterocycles. The second-order valence-electron chi connectivity index (χ2n) is 3.27. The van der Waals surface area contributed by atoms with E-state index in [4.69, 9.17) is 4.74 Å². The fourth-order valence-electron chi connectivity index (χ4n) is 1.37. The van der Waals surface area contributed by atoms with E-state index in [0.717, 1.165) is 6.07 Å². The van der Waals surface area contributed by atoms with E-state index < -0.39 is 17.9 Å². The molecule has 0 aliphatic rings. The standard InChI is InChI=1S/C12H15FO4/c1-3-16-10-6-5-8(13)7-9(10)11(14)12(15)17-4-2/h5-7,11,14H,3-4H2,1-2H3. The van der Waals surface area contributed by atoms with Crippen LogP contribution in [-0.2, 0) is 9.53 Å². The minimum atomic E-state index is -1.54. The molecular formula is C12H15FO4. The third-order valence-electron chi connectivity index (χ3n) is 2.08. The Balaban J connectivity index is 3.01. The van der Waals surface area contributed by atoms with E-state index in [1.54, 1.807) is 13.8 Å². The molecule has 0 bridgehead atoms. The number of rotatable bonds is 5. The first kappa shape index (κ1) is 13.4. The summed E-state index contributed by atoms with van der Waals surface area (Å²) in [6.07, 6.45) is -1.54. The zero-order chi connectivity index (χ0) is 12.8. The molecule has 17 heavy (non-hydrogen) atoms. The molecule has 0 radical (unpaired) electrons. The van der Waals surface area contributed by atoms with Crippen LogP contribution in [0.2, 0.25) is 0 Å². The number of esters is 1. The molecule has 94 valence electrons. The molecule has 0 spiro atoms. The number of carbonyl (C=O) groups excluding carboxylic acids is 1. The normalized spacial score (nSPS) is 12.0. The van der Waals surface area contributed by atoms with Crippen LogP contribution < -0.4 is 4.74 Å². The van der Waals surface area contributed by atoms with Crippen molar-refractivity contribution in [3.63, 3.8) is 0 Å². The van der Waals surface area contributed by atoms with E-state index in [1.807, 2.05) is 0 Å². The van der Waals surface area contributed by atoms with Crippen molar-refractivity contribution >= 4 is 5.97 Å². The lowest BCUT2D eigenvalue weighted by Crippen LogP contribution is -2.16. The minimum absolute atomic E-state index is 0.0744. The van der Waals surface area contributed by atoms with E-state index >= 15 is 0 Å². The number of benzene rings is 1. The third kappa shape index (κ3) is 3.42. The largest absolute Gasteiger partial charge is 0.493 e. The molecule has 0 saturated carbocycles. The highest BCUT2D eigenvalue weighted by atomic mass is 19.1. The molecule has 1 N–H and O–H groups in total. The highest BCUT2D eigenvalue weighted by molar-refractivity contribution is 5.77. The lowest BCUT2D eigenvalue weighted by Gasteiger charge is -2.14. The number of aliphatic hydroxyl groups is 1. The van der Waals surface area contributed by atoms with Crippen LogP contribution in [0.4, 0.5) is 4.39 Å². The number of carbonyl (C=O) groups is 1. The predicted octanol–water partition coefficient (Wildman–Crippen LogP) is 1.82. The van der Waals surface area contributed by atoms with Gasteiger partial charge in [-0.15, -0.1) is 0 Å². The Hall–Kier alpha value is -1.62. The van der Waals surface area contributed by atoms with Crippen LogP contribution in [0.1, 0.15) is 25.5 Å². The molecule has 1 unspecified atom stereocenters. The summed E-state index contributed by atoms with van der Waals surface area (Å²) >= 11 is 0. The smallest absolute Gasteiger partial charge is 0.339 e. The Labute approximate surface area is 99.0 Å². The van der Waals surface area contributed by atoms with Gasteiger partial charge in [0.05, 0.1) is 13.2 Å². The quantitative estimate of drug-likeness (QED) is 0.800. The summed E-state index contributed by atoms with van der Waals surface area (Å²) in [6.45, 7) is 3.88. The molecule has 1 aromatic rings. The number of aliphatic hydroxyl groups excluding tert-OH is 1. The van der Waals surface area contributed by atoms with Crippen LogP contribution in [0.3, 0.4) is 0 Å². The van der Waals surface area contributed by atoms with Crippen molar-refractivity contribution < 1.29 is 23.8 Å². The van der Waals surface area contributed by atoms with Gasteiger partial charge in [0, 0.05) is 5.56 Å². The monoisotopic (exact) mass is 242 g/mol. The van der Waals surface area contributed by atoms with Crippen LogP contribution in [0, 0.1) is 5.82 Å². The second kappa shape index (κ2) is 6.20. The Kier molecular flexibility index (Phi) is 4.90. The predicted molar refractivity (Wildman–Crippen MR) is 59.2 cm³/mol. The first-order valence-electron chi connectivity index (χ1n) is 5.37. The zero-order valence-electron chi connectivity index (χ0n) is 9.77. The first-order valence-corrected chi connectivity index (χ1v) is 5.37. The molecule has 0 saturated heterocycles. The molecule has 1 rings (SSSR count). The van der Waals surface area contributed by atoms with Crippen molar-refractivity contribution in [2.75, 3.05) is 13.2 Å². The van der Waals surface area contributed by atoms with E-state index in [-0.39, 0.29) is 17.9 Å². The van der Waals surface area contributed by atoms with Crippen LogP contribution in [0.25, 0.3) is 0 Å². The molecule has 1 atom stereocenters. The highest BCUT2D eigenvalue weighted by Gasteiger charge is 2.23. The Morgan fingerprint density at radius 3 is 2.71 bits per heavy atom. The number of hydrogen-bond acceptors (Lipinski definition) is 4. The van der Waals surface area contributed by atoms with E-state index in [2.05, 4.69) is 4.74 Å². The topological polar surface area (TPSA) is 55.8 Å². The molecule has 5 heteroatoms. The van der Waals surface area contributed by atoms with Crippen molar-refractivity contribution in [2.45, 2.75) is 20.0 Å². The molecule has 0 aliphatic carbocycles. The summed E-state index contributed by atoms with van der Waals surface area (Å²) in [5.74, 6) is -1.10. The molecule has 0 heterocycles. The van der Waals surface area contributed by atoms with Gasteiger partial charge in [-0.3, -0.25) is 0 Å². The van der Waals surface area contributed by atoms with Gasteiger partial charge in [0.2, 0.25) is 0 Å². The lowest BCUT2D eigenvalue weighted by atomic mass is 10.1. The summed E-state index contributed by atoms with van der Waals surface area (Å²) in [5, 5.41) is 9.73. The molecule has 0 amide bonds. The van der Waals surface area contributed by atoms with Crippen LogP contribution in [-0.4, -0.2) is 24.3 Å². The van der Waals surface area contributed by atoms with Crippen LogP contribution >= 0.6 is 0 Å². The van der Waals surface area contributed by atoms with Crippen LogP contribution in [0.5, 0.6) is 5.75 Å². The Morgan fingerprint density at radius 1 is 1.41 bits per heavy atom. The molecule has 1 aromatic carbocycles. The van der Waals surface area contributed by atoms with Gasteiger partial charge in [-0.1, -0.05) is 0 Å². The van der Waals surface area contributed by atoms with E-state index in [0.29, 0.717) is 6.61 Å². The highest BCUT2D eigenvalue weighted by Crippen LogP contribution is 2.27. The third-order valence-corrected chi connectivity index (χ3v) is 2.08. The summed E-state index contributed by atoms with van der Waals surface area (Å²) < 4.78 is 22.9. The SMILES string of the molecule is CCOC(=O)C(O)c1cc(F)ccc1OCC. The molecular weight excluding hydrogens is 227 g/mol. The van der Waals surface area contributed by atoms with Gasteiger partial charge in [0.25, 0.3) is 0 Å². The number of ether oxygens (including phenoxy) is 2. The number of halogens is 1. The zero-order valence-corrected chi connectivity index (χ0v) is 9.77. The summed E-state index contributed by atoms with van der Waals surface area (Å²) in [4.78, 5) is 11.4. The van der Waals surface area contributed by atoms with Crippen molar-refractivity contribution in [1.82, 2.24) is 0 Å². The summed E-state index contributed by atoms with van der Waals surface area (Å²) in [6, 6.07) is 3.63.